The first-order valence-electron chi connectivity index (χ1n) is 14.1. The zero-order valence-electron chi connectivity index (χ0n) is 23.7. The summed E-state index contributed by atoms with van der Waals surface area (Å²) in [6.07, 6.45) is 8.47. The molecule has 1 aliphatic carbocycles. The third kappa shape index (κ3) is 5.79. The number of nitrogens with zero attached hydrogens (tertiary/aromatic N) is 6. The smallest absolute Gasteiger partial charge is 0.291 e. The quantitative estimate of drug-likeness (QED) is 0.340. The molecule has 1 N–H and O–H groups in total. The summed E-state index contributed by atoms with van der Waals surface area (Å²) in [6, 6.07) is 11.4. The fourth-order valence-electron chi connectivity index (χ4n) is 5.10. The summed E-state index contributed by atoms with van der Waals surface area (Å²) in [5.41, 5.74) is 5.13. The molecule has 40 heavy (non-hydrogen) atoms. The molecule has 1 aromatic carbocycles. The molecule has 0 spiro atoms. The Balaban J connectivity index is 1.16. The summed E-state index contributed by atoms with van der Waals surface area (Å²) in [6.45, 7) is 13.6. The second-order valence-electron chi connectivity index (χ2n) is 12.1. The first-order chi connectivity index (χ1) is 19.2. The van der Waals surface area contributed by atoms with Gasteiger partial charge in [-0.3, -0.25) is 14.7 Å². The van der Waals surface area contributed by atoms with Crippen LogP contribution in [0.2, 0.25) is 0 Å². The predicted molar refractivity (Wildman–Crippen MR) is 156 cm³/mol. The van der Waals surface area contributed by atoms with Crippen LogP contribution in [-0.4, -0.2) is 63.5 Å². The number of hydrogen-bond acceptors (Lipinski definition) is 7. The zero-order valence-corrected chi connectivity index (χ0v) is 23.7. The van der Waals surface area contributed by atoms with Gasteiger partial charge in [-0.2, -0.15) is 0 Å². The lowest BCUT2D eigenvalue weighted by Crippen LogP contribution is -2.47. The monoisotopic (exact) mass is 539 g/mol. The van der Waals surface area contributed by atoms with Gasteiger partial charge in [-0.1, -0.05) is 32.1 Å². The Morgan fingerprint density at radius 3 is 2.58 bits per heavy atom. The number of pyridine rings is 1. The molecule has 3 aromatic heterocycles. The number of carbonyl (C=O) groups is 1. The van der Waals surface area contributed by atoms with Gasteiger partial charge in [0.25, 0.3) is 5.91 Å². The second-order valence-corrected chi connectivity index (χ2v) is 12.1. The zero-order chi connectivity index (χ0) is 27.9. The highest BCUT2D eigenvalue weighted by molar-refractivity contribution is 6.02. The van der Waals surface area contributed by atoms with Gasteiger partial charge in [0.1, 0.15) is 11.5 Å². The van der Waals surface area contributed by atoms with E-state index in [2.05, 4.69) is 57.3 Å². The van der Waals surface area contributed by atoms with E-state index in [0.717, 1.165) is 66.1 Å². The number of anilines is 2. The minimum absolute atomic E-state index is 0.167. The van der Waals surface area contributed by atoms with Crippen molar-refractivity contribution in [3.63, 3.8) is 0 Å². The van der Waals surface area contributed by atoms with Gasteiger partial charge in [0, 0.05) is 55.6 Å². The molecule has 6 rings (SSSR count). The SMILES string of the molecule is Cc1ccc(NC(=O)c2ccc(C(C)(C)C)o2)cc1-n1cc(-c2cncc(N3CCN(CC4CC4)CC3)c2)nn1. The average Bonchev–Trinajstić information content (AvgIpc) is 3.39. The molecular formula is C31H37N7O2. The molecule has 4 aromatic rings. The molecule has 1 amide bonds. The highest BCUT2D eigenvalue weighted by Crippen LogP contribution is 2.31. The van der Waals surface area contributed by atoms with Crippen molar-refractivity contribution in [1.82, 2.24) is 24.9 Å². The Morgan fingerprint density at radius 2 is 1.85 bits per heavy atom. The molecule has 2 fully saturated rings. The van der Waals surface area contributed by atoms with E-state index in [0.29, 0.717) is 5.69 Å². The molecule has 0 unspecified atom stereocenters. The van der Waals surface area contributed by atoms with Crippen molar-refractivity contribution in [1.29, 1.82) is 0 Å². The van der Waals surface area contributed by atoms with Crippen molar-refractivity contribution < 1.29 is 9.21 Å². The van der Waals surface area contributed by atoms with Crippen molar-refractivity contribution >= 4 is 17.3 Å². The molecule has 1 aliphatic heterocycles. The number of furan rings is 1. The topological polar surface area (TPSA) is 92.3 Å². The van der Waals surface area contributed by atoms with Crippen molar-refractivity contribution in [2.24, 2.45) is 5.92 Å². The Hall–Kier alpha value is -3.98. The van der Waals surface area contributed by atoms with Gasteiger partial charge < -0.3 is 14.6 Å². The van der Waals surface area contributed by atoms with Gasteiger partial charge in [0.15, 0.2) is 5.76 Å². The number of rotatable bonds is 7. The van der Waals surface area contributed by atoms with E-state index >= 15 is 0 Å². The number of aromatic nitrogens is 4. The number of carbonyl (C=O) groups excluding carboxylic acids is 1. The van der Waals surface area contributed by atoms with Crippen LogP contribution in [0, 0.1) is 12.8 Å². The maximum Gasteiger partial charge on any atom is 0.291 e. The molecule has 4 heterocycles. The van der Waals surface area contributed by atoms with Crippen LogP contribution < -0.4 is 10.2 Å². The van der Waals surface area contributed by atoms with E-state index in [1.54, 1.807) is 10.7 Å². The van der Waals surface area contributed by atoms with Crippen LogP contribution in [0.15, 0.2) is 59.4 Å². The Bertz CT molecular complexity index is 1500. The molecule has 1 saturated carbocycles. The standard InChI is InChI=1S/C31H37N7O2/c1-21-5-8-24(33-30(39)28-9-10-29(40-28)31(2,3)4)16-27(21)38-20-26(34-35-38)23-15-25(18-32-17-23)37-13-11-36(12-14-37)19-22-6-7-22/h5,8-10,15-18,20,22H,6-7,11-14,19H2,1-4H3,(H,33,39). The van der Waals surface area contributed by atoms with E-state index in [9.17, 15) is 4.79 Å². The largest absolute Gasteiger partial charge is 0.455 e. The fourth-order valence-corrected chi connectivity index (χ4v) is 5.10. The first-order valence-corrected chi connectivity index (χ1v) is 14.1. The van der Waals surface area contributed by atoms with Gasteiger partial charge in [0.05, 0.1) is 23.8 Å². The number of amides is 1. The Labute approximate surface area is 235 Å². The van der Waals surface area contributed by atoms with Gasteiger partial charge in [0.2, 0.25) is 0 Å². The van der Waals surface area contributed by atoms with Crippen LogP contribution in [-0.2, 0) is 5.41 Å². The predicted octanol–water partition coefficient (Wildman–Crippen LogP) is 5.31. The molecule has 9 heteroatoms. The lowest BCUT2D eigenvalue weighted by molar-refractivity contribution is 0.0993. The minimum Gasteiger partial charge on any atom is -0.455 e. The van der Waals surface area contributed by atoms with Crippen LogP contribution in [0.3, 0.4) is 0 Å². The highest BCUT2D eigenvalue weighted by atomic mass is 16.4. The van der Waals surface area contributed by atoms with Crippen LogP contribution >= 0.6 is 0 Å². The third-order valence-corrected chi connectivity index (χ3v) is 7.75. The highest BCUT2D eigenvalue weighted by Gasteiger charge is 2.26. The maximum absolute atomic E-state index is 12.9. The van der Waals surface area contributed by atoms with Crippen LogP contribution in [0.1, 0.15) is 55.5 Å². The van der Waals surface area contributed by atoms with Gasteiger partial charge in [-0.15, -0.1) is 5.10 Å². The number of hydrogen-bond donors (Lipinski definition) is 1. The summed E-state index contributed by atoms with van der Waals surface area (Å²) >= 11 is 0. The van der Waals surface area contributed by atoms with Crippen molar-refractivity contribution in [2.75, 3.05) is 42.9 Å². The van der Waals surface area contributed by atoms with E-state index < -0.39 is 0 Å². The van der Waals surface area contributed by atoms with Crippen LogP contribution in [0.4, 0.5) is 11.4 Å². The first kappa shape index (κ1) is 26.3. The summed E-state index contributed by atoms with van der Waals surface area (Å²) in [5, 5.41) is 11.8. The molecule has 2 aliphatic rings. The average molecular weight is 540 g/mol. The normalized spacial score (nSPS) is 16.4. The number of nitrogens with one attached hydrogen (secondary N) is 1. The molecule has 0 atom stereocenters. The van der Waals surface area contributed by atoms with Crippen LogP contribution in [0.5, 0.6) is 0 Å². The second kappa shape index (κ2) is 10.5. The van der Waals surface area contributed by atoms with Gasteiger partial charge in [-0.05, 0) is 61.6 Å². The number of aryl methyl sites for hydroxylation is 1. The molecule has 0 radical (unpaired) electrons. The van der Waals surface area contributed by atoms with E-state index in [1.807, 2.05) is 49.8 Å². The molecule has 9 nitrogen and oxygen atoms in total. The lowest BCUT2D eigenvalue weighted by atomic mass is 9.94. The van der Waals surface area contributed by atoms with E-state index in [4.69, 9.17) is 4.42 Å². The van der Waals surface area contributed by atoms with Crippen molar-refractivity contribution in [2.45, 2.75) is 46.0 Å². The van der Waals surface area contributed by atoms with Gasteiger partial charge >= 0.3 is 0 Å². The molecule has 1 saturated heterocycles. The van der Waals surface area contributed by atoms with E-state index in [1.165, 1.54) is 19.4 Å². The molecule has 0 bridgehead atoms. The van der Waals surface area contributed by atoms with Crippen molar-refractivity contribution in [3.05, 3.63) is 72.1 Å². The number of piperazine rings is 1. The Morgan fingerprint density at radius 1 is 1.05 bits per heavy atom. The minimum atomic E-state index is -0.291. The summed E-state index contributed by atoms with van der Waals surface area (Å²) in [5.74, 6) is 1.69. The van der Waals surface area contributed by atoms with Crippen LogP contribution in [0.25, 0.3) is 16.9 Å². The Kier molecular flexibility index (Phi) is 6.92. The van der Waals surface area contributed by atoms with E-state index in [-0.39, 0.29) is 17.1 Å². The van der Waals surface area contributed by atoms with Gasteiger partial charge in [-0.25, -0.2) is 4.68 Å². The summed E-state index contributed by atoms with van der Waals surface area (Å²) in [7, 11) is 0. The lowest BCUT2D eigenvalue weighted by Gasteiger charge is -2.36. The third-order valence-electron chi connectivity index (χ3n) is 7.75. The fraction of sp³-hybridized carbons (Fsp3) is 0.419. The number of benzene rings is 1. The summed E-state index contributed by atoms with van der Waals surface area (Å²) in [4.78, 5) is 22.4. The molecule has 208 valence electrons. The maximum atomic E-state index is 12.9. The molecular weight excluding hydrogens is 502 g/mol. The van der Waals surface area contributed by atoms with Crippen molar-refractivity contribution in [3.8, 4) is 16.9 Å². The summed E-state index contributed by atoms with van der Waals surface area (Å²) < 4.78 is 7.54.